The Morgan fingerprint density at radius 1 is 1.14 bits per heavy atom. The summed E-state index contributed by atoms with van der Waals surface area (Å²) in [6, 6.07) is 17.3. The molecule has 0 aliphatic heterocycles. The zero-order chi connectivity index (χ0) is 15.4. The molecule has 5 nitrogen and oxygen atoms in total. The van der Waals surface area contributed by atoms with Gasteiger partial charge < -0.3 is 5.32 Å². The summed E-state index contributed by atoms with van der Waals surface area (Å²) >= 11 is 3.41. The number of carbonyl (C=O) groups is 1. The van der Waals surface area contributed by atoms with Crippen LogP contribution < -0.4 is 5.32 Å². The second kappa shape index (κ2) is 6.53. The van der Waals surface area contributed by atoms with Crippen LogP contribution >= 0.6 is 15.9 Å². The zero-order valence-corrected chi connectivity index (χ0v) is 13.2. The van der Waals surface area contributed by atoms with E-state index >= 15 is 0 Å². The molecule has 0 atom stereocenters. The quantitative estimate of drug-likeness (QED) is 0.781. The van der Waals surface area contributed by atoms with Crippen molar-refractivity contribution in [1.82, 2.24) is 20.3 Å². The highest BCUT2D eigenvalue weighted by Crippen LogP contribution is 2.14. The topological polar surface area (TPSA) is 59.8 Å². The van der Waals surface area contributed by atoms with Crippen molar-refractivity contribution in [2.45, 2.75) is 6.54 Å². The predicted molar refractivity (Wildman–Crippen MR) is 86.7 cm³/mol. The standard InChI is InChI=1S/C16H13BrN4O/c17-13-7-4-8-14(9-13)21-11-15(19-20-21)16(22)18-10-12-5-2-1-3-6-12/h1-9,11H,10H2,(H,18,22). The van der Waals surface area contributed by atoms with E-state index in [1.165, 1.54) is 0 Å². The monoisotopic (exact) mass is 356 g/mol. The Morgan fingerprint density at radius 3 is 2.73 bits per heavy atom. The van der Waals surface area contributed by atoms with E-state index in [-0.39, 0.29) is 11.6 Å². The summed E-state index contributed by atoms with van der Waals surface area (Å²) in [5.74, 6) is -0.245. The molecule has 110 valence electrons. The molecular formula is C16H13BrN4O. The molecule has 1 amide bonds. The van der Waals surface area contributed by atoms with E-state index in [2.05, 4.69) is 31.6 Å². The maximum Gasteiger partial charge on any atom is 0.273 e. The number of amides is 1. The number of benzene rings is 2. The fraction of sp³-hybridized carbons (Fsp3) is 0.0625. The third kappa shape index (κ3) is 3.40. The number of nitrogens with one attached hydrogen (secondary N) is 1. The Kier molecular flexibility index (Phi) is 4.29. The van der Waals surface area contributed by atoms with Crippen LogP contribution in [0.4, 0.5) is 0 Å². The average molecular weight is 357 g/mol. The van der Waals surface area contributed by atoms with Gasteiger partial charge in [-0.25, -0.2) is 4.68 Å². The lowest BCUT2D eigenvalue weighted by Crippen LogP contribution is -2.23. The Hall–Kier alpha value is -2.47. The molecule has 0 aliphatic rings. The van der Waals surface area contributed by atoms with Crippen LogP contribution in [0.15, 0.2) is 65.3 Å². The highest BCUT2D eigenvalue weighted by Gasteiger charge is 2.11. The average Bonchev–Trinajstić information content (AvgIpc) is 3.04. The first-order valence-electron chi connectivity index (χ1n) is 6.73. The molecule has 0 spiro atoms. The van der Waals surface area contributed by atoms with Gasteiger partial charge in [-0.1, -0.05) is 57.5 Å². The van der Waals surface area contributed by atoms with E-state index < -0.39 is 0 Å². The van der Waals surface area contributed by atoms with Crippen LogP contribution in [0.3, 0.4) is 0 Å². The molecule has 0 aliphatic carbocycles. The molecule has 6 heteroatoms. The van der Waals surface area contributed by atoms with Crippen LogP contribution in [-0.4, -0.2) is 20.9 Å². The Morgan fingerprint density at radius 2 is 1.95 bits per heavy atom. The summed E-state index contributed by atoms with van der Waals surface area (Å²) in [6.07, 6.45) is 1.61. The smallest absolute Gasteiger partial charge is 0.273 e. The minimum absolute atomic E-state index is 0.245. The third-order valence-corrected chi connectivity index (χ3v) is 3.59. The van der Waals surface area contributed by atoms with E-state index in [9.17, 15) is 4.79 Å². The van der Waals surface area contributed by atoms with Gasteiger partial charge in [-0.15, -0.1) is 5.10 Å². The Balaban J connectivity index is 1.69. The van der Waals surface area contributed by atoms with Crippen molar-refractivity contribution >= 4 is 21.8 Å². The van der Waals surface area contributed by atoms with Gasteiger partial charge in [0.2, 0.25) is 0 Å². The molecule has 3 rings (SSSR count). The van der Waals surface area contributed by atoms with Gasteiger partial charge in [0.05, 0.1) is 11.9 Å². The zero-order valence-electron chi connectivity index (χ0n) is 11.6. The second-order valence-electron chi connectivity index (χ2n) is 4.70. The van der Waals surface area contributed by atoms with E-state index in [1.807, 2.05) is 54.6 Å². The van der Waals surface area contributed by atoms with Crippen LogP contribution in [0, 0.1) is 0 Å². The summed E-state index contributed by atoms with van der Waals surface area (Å²) in [5.41, 5.74) is 2.16. The summed E-state index contributed by atoms with van der Waals surface area (Å²) in [4.78, 5) is 12.1. The summed E-state index contributed by atoms with van der Waals surface area (Å²) in [7, 11) is 0. The molecule has 1 N–H and O–H groups in total. The van der Waals surface area contributed by atoms with E-state index in [1.54, 1.807) is 10.9 Å². The van der Waals surface area contributed by atoms with E-state index in [0.29, 0.717) is 6.54 Å². The highest BCUT2D eigenvalue weighted by molar-refractivity contribution is 9.10. The minimum Gasteiger partial charge on any atom is -0.347 e. The number of rotatable bonds is 4. The van der Waals surface area contributed by atoms with Crippen molar-refractivity contribution in [3.8, 4) is 5.69 Å². The fourth-order valence-corrected chi connectivity index (χ4v) is 2.37. The highest BCUT2D eigenvalue weighted by atomic mass is 79.9. The minimum atomic E-state index is -0.245. The van der Waals surface area contributed by atoms with Crippen molar-refractivity contribution in [2.24, 2.45) is 0 Å². The Labute approximate surface area is 136 Å². The van der Waals surface area contributed by atoms with Crippen molar-refractivity contribution in [1.29, 1.82) is 0 Å². The molecular weight excluding hydrogens is 344 g/mol. The van der Waals surface area contributed by atoms with E-state index in [4.69, 9.17) is 0 Å². The second-order valence-corrected chi connectivity index (χ2v) is 5.61. The number of aromatic nitrogens is 3. The van der Waals surface area contributed by atoms with Crippen LogP contribution in [0.25, 0.3) is 5.69 Å². The molecule has 2 aromatic carbocycles. The molecule has 0 fully saturated rings. The number of carbonyl (C=O) groups excluding carboxylic acids is 1. The first-order valence-corrected chi connectivity index (χ1v) is 7.52. The van der Waals surface area contributed by atoms with Crippen LogP contribution in [0.5, 0.6) is 0 Å². The molecule has 0 saturated carbocycles. The fourth-order valence-electron chi connectivity index (χ4n) is 1.98. The predicted octanol–water partition coefficient (Wildman–Crippen LogP) is 2.96. The lowest BCUT2D eigenvalue weighted by Gasteiger charge is -2.02. The molecule has 0 unspecified atom stereocenters. The summed E-state index contributed by atoms with van der Waals surface area (Å²) < 4.78 is 2.51. The SMILES string of the molecule is O=C(NCc1ccccc1)c1cn(-c2cccc(Br)c2)nn1. The molecule has 3 aromatic rings. The van der Waals surface area contributed by atoms with E-state index in [0.717, 1.165) is 15.7 Å². The van der Waals surface area contributed by atoms with Gasteiger partial charge in [0.25, 0.3) is 5.91 Å². The van der Waals surface area contributed by atoms with Crippen molar-refractivity contribution < 1.29 is 4.79 Å². The van der Waals surface area contributed by atoms with Crippen molar-refractivity contribution in [3.63, 3.8) is 0 Å². The van der Waals surface area contributed by atoms with Crippen LogP contribution in [0.1, 0.15) is 16.1 Å². The van der Waals surface area contributed by atoms with Gasteiger partial charge in [0, 0.05) is 11.0 Å². The number of hydrogen-bond donors (Lipinski definition) is 1. The van der Waals surface area contributed by atoms with Crippen molar-refractivity contribution in [3.05, 3.63) is 76.5 Å². The Bertz CT molecular complexity index is 786. The lowest BCUT2D eigenvalue weighted by molar-refractivity contribution is 0.0946. The first kappa shape index (κ1) is 14.5. The maximum absolute atomic E-state index is 12.1. The van der Waals surface area contributed by atoms with Crippen LogP contribution in [0.2, 0.25) is 0 Å². The normalized spacial score (nSPS) is 10.4. The van der Waals surface area contributed by atoms with Crippen molar-refractivity contribution in [2.75, 3.05) is 0 Å². The largest absolute Gasteiger partial charge is 0.347 e. The number of halogens is 1. The lowest BCUT2D eigenvalue weighted by atomic mass is 10.2. The number of hydrogen-bond acceptors (Lipinski definition) is 3. The molecule has 22 heavy (non-hydrogen) atoms. The van der Waals surface area contributed by atoms with Gasteiger partial charge in [-0.05, 0) is 23.8 Å². The first-order chi connectivity index (χ1) is 10.7. The molecule has 1 heterocycles. The molecule has 0 radical (unpaired) electrons. The summed E-state index contributed by atoms with van der Waals surface area (Å²) in [6.45, 7) is 0.462. The molecule has 0 bridgehead atoms. The van der Waals surface area contributed by atoms with Gasteiger partial charge in [-0.2, -0.15) is 0 Å². The number of nitrogens with zero attached hydrogens (tertiary/aromatic N) is 3. The van der Waals surface area contributed by atoms with Crippen LogP contribution in [-0.2, 0) is 6.54 Å². The maximum atomic E-state index is 12.1. The van der Waals surface area contributed by atoms with Gasteiger partial charge in [0.1, 0.15) is 0 Å². The molecule has 0 saturated heterocycles. The van der Waals surface area contributed by atoms with Gasteiger partial charge in [-0.3, -0.25) is 4.79 Å². The van der Waals surface area contributed by atoms with Gasteiger partial charge >= 0.3 is 0 Å². The van der Waals surface area contributed by atoms with Gasteiger partial charge in [0.15, 0.2) is 5.69 Å². The molecule has 1 aromatic heterocycles. The summed E-state index contributed by atoms with van der Waals surface area (Å²) in [5, 5.41) is 10.7. The third-order valence-electron chi connectivity index (χ3n) is 3.09.